The summed E-state index contributed by atoms with van der Waals surface area (Å²) in [6.07, 6.45) is 9.12. The van der Waals surface area contributed by atoms with E-state index in [1.165, 1.54) is 37.0 Å². The molecular weight excluding hydrogens is 452 g/mol. The fraction of sp³-hybridized carbons (Fsp3) is 0.552. The molecule has 5 rings (SSSR count). The first-order chi connectivity index (χ1) is 17.4. The standard InChI is InChI=1S/C24H30N4O3.C5H10/c1-17-9-10-25-18(2)22(17)23(29)27-15-19-13-26(14-20(19)16-27)11-6-12-28(24(30)31)21-7-4-3-5-8-21;1-2-4-5-3-1/h3-5,7-10,19-20H,6,11-16H2,1-2H3,(H,30,31);1-5H2. The summed E-state index contributed by atoms with van der Waals surface area (Å²) in [7, 11) is 0. The van der Waals surface area contributed by atoms with Crippen molar-refractivity contribution in [3.05, 3.63) is 59.4 Å². The van der Waals surface area contributed by atoms with E-state index in [1.807, 2.05) is 55.1 Å². The summed E-state index contributed by atoms with van der Waals surface area (Å²) in [5.74, 6) is 1.08. The smallest absolute Gasteiger partial charge is 0.411 e. The number of fused-ring (bicyclic) bond motifs is 1. The molecule has 36 heavy (non-hydrogen) atoms. The van der Waals surface area contributed by atoms with Crippen LogP contribution in [0.15, 0.2) is 42.6 Å². The number of aryl methyl sites for hydroxylation is 2. The number of carbonyl (C=O) groups is 2. The van der Waals surface area contributed by atoms with Crippen molar-refractivity contribution in [2.24, 2.45) is 11.8 Å². The molecule has 3 aliphatic rings. The lowest BCUT2D eigenvalue weighted by Gasteiger charge is -2.24. The second-order valence-electron chi connectivity index (χ2n) is 10.5. The van der Waals surface area contributed by atoms with Gasteiger partial charge >= 0.3 is 6.09 Å². The Morgan fingerprint density at radius 1 is 0.944 bits per heavy atom. The molecule has 2 aromatic rings. The maximum Gasteiger partial charge on any atom is 0.411 e. The molecule has 0 bridgehead atoms. The SMILES string of the molecule is C1CCCC1.Cc1ccnc(C)c1C(=O)N1CC2CN(CCCN(C(=O)O)c3ccccc3)CC2C1. The Morgan fingerprint density at radius 3 is 2.11 bits per heavy atom. The molecule has 1 saturated carbocycles. The second kappa shape index (κ2) is 12.3. The molecule has 194 valence electrons. The fourth-order valence-corrected chi connectivity index (χ4v) is 5.89. The van der Waals surface area contributed by atoms with Gasteiger partial charge in [0.05, 0.1) is 11.3 Å². The van der Waals surface area contributed by atoms with Gasteiger partial charge in [-0.1, -0.05) is 50.3 Å². The largest absolute Gasteiger partial charge is 0.465 e. The Morgan fingerprint density at radius 2 is 1.56 bits per heavy atom. The van der Waals surface area contributed by atoms with E-state index < -0.39 is 6.09 Å². The normalized spacial score (nSPS) is 21.1. The highest BCUT2D eigenvalue weighted by molar-refractivity contribution is 5.96. The lowest BCUT2D eigenvalue weighted by atomic mass is 10.0. The van der Waals surface area contributed by atoms with Crippen LogP contribution in [0.25, 0.3) is 0 Å². The van der Waals surface area contributed by atoms with Crippen LogP contribution >= 0.6 is 0 Å². The molecule has 7 heteroatoms. The maximum atomic E-state index is 13.1. The molecule has 3 heterocycles. The van der Waals surface area contributed by atoms with E-state index in [0.29, 0.717) is 24.1 Å². The molecular formula is C29H40N4O3. The van der Waals surface area contributed by atoms with Gasteiger partial charge in [0.1, 0.15) is 0 Å². The highest BCUT2D eigenvalue weighted by Gasteiger charge is 2.41. The van der Waals surface area contributed by atoms with Gasteiger partial charge in [0.2, 0.25) is 0 Å². The number of carboxylic acid groups (broad SMARTS) is 1. The number of likely N-dealkylation sites (tertiary alicyclic amines) is 2. The van der Waals surface area contributed by atoms with Gasteiger partial charge in [-0.05, 0) is 62.4 Å². The van der Waals surface area contributed by atoms with Crippen molar-refractivity contribution in [2.75, 3.05) is 44.2 Å². The molecule has 1 N–H and O–H groups in total. The summed E-state index contributed by atoms with van der Waals surface area (Å²) in [6.45, 7) is 8.74. The van der Waals surface area contributed by atoms with Gasteiger partial charge in [0, 0.05) is 44.6 Å². The van der Waals surface area contributed by atoms with Crippen LogP contribution in [0.1, 0.15) is 60.1 Å². The molecule has 1 aromatic carbocycles. The zero-order valence-electron chi connectivity index (χ0n) is 21.7. The van der Waals surface area contributed by atoms with E-state index in [9.17, 15) is 14.7 Å². The quantitative estimate of drug-likeness (QED) is 0.598. The van der Waals surface area contributed by atoms with Gasteiger partial charge < -0.3 is 14.9 Å². The van der Waals surface area contributed by atoms with Crippen LogP contribution in [0.5, 0.6) is 0 Å². The summed E-state index contributed by atoms with van der Waals surface area (Å²) in [6, 6.07) is 11.1. The van der Waals surface area contributed by atoms with E-state index in [1.54, 1.807) is 6.20 Å². The monoisotopic (exact) mass is 492 g/mol. The summed E-state index contributed by atoms with van der Waals surface area (Å²) in [5.41, 5.74) is 3.24. The number of nitrogens with zero attached hydrogens (tertiary/aromatic N) is 4. The minimum absolute atomic E-state index is 0.101. The highest BCUT2D eigenvalue weighted by Crippen LogP contribution is 2.32. The lowest BCUT2D eigenvalue weighted by Crippen LogP contribution is -2.36. The van der Waals surface area contributed by atoms with Gasteiger partial charge in [-0.2, -0.15) is 0 Å². The van der Waals surface area contributed by atoms with Crippen LogP contribution in [0.3, 0.4) is 0 Å². The van der Waals surface area contributed by atoms with Gasteiger partial charge in [-0.3, -0.25) is 14.7 Å². The van der Waals surface area contributed by atoms with E-state index in [4.69, 9.17) is 0 Å². The molecule has 0 radical (unpaired) electrons. The van der Waals surface area contributed by atoms with Crippen LogP contribution in [-0.2, 0) is 0 Å². The van der Waals surface area contributed by atoms with Crippen molar-refractivity contribution in [1.29, 1.82) is 0 Å². The summed E-state index contributed by atoms with van der Waals surface area (Å²) in [4.78, 5) is 34.8. The molecule has 2 atom stereocenters. The second-order valence-corrected chi connectivity index (χ2v) is 10.5. The van der Waals surface area contributed by atoms with Crippen molar-refractivity contribution in [3.63, 3.8) is 0 Å². The lowest BCUT2D eigenvalue weighted by molar-refractivity contribution is 0.0772. The summed E-state index contributed by atoms with van der Waals surface area (Å²) in [5, 5.41) is 9.53. The topological polar surface area (TPSA) is 77.0 Å². The average molecular weight is 493 g/mol. The summed E-state index contributed by atoms with van der Waals surface area (Å²) >= 11 is 0. The van der Waals surface area contributed by atoms with Crippen molar-refractivity contribution < 1.29 is 14.7 Å². The Labute approximate surface area is 215 Å². The average Bonchev–Trinajstić information content (AvgIpc) is 3.61. The summed E-state index contributed by atoms with van der Waals surface area (Å²) < 4.78 is 0. The number of carbonyl (C=O) groups excluding carboxylic acids is 1. The first-order valence-electron chi connectivity index (χ1n) is 13.4. The highest BCUT2D eigenvalue weighted by atomic mass is 16.4. The fourth-order valence-electron chi connectivity index (χ4n) is 5.89. The third-order valence-electron chi connectivity index (χ3n) is 7.82. The molecule has 2 aliphatic heterocycles. The molecule has 7 nitrogen and oxygen atoms in total. The number of hydrogen-bond acceptors (Lipinski definition) is 4. The van der Waals surface area contributed by atoms with Gasteiger partial charge in [0.15, 0.2) is 0 Å². The number of anilines is 1. The number of benzene rings is 1. The Hall–Kier alpha value is -2.93. The van der Waals surface area contributed by atoms with Gasteiger partial charge in [-0.25, -0.2) is 4.79 Å². The van der Waals surface area contributed by atoms with Crippen molar-refractivity contribution in [2.45, 2.75) is 52.4 Å². The predicted molar refractivity (Wildman–Crippen MR) is 143 cm³/mol. The molecule has 2 saturated heterocycles. The van der Waals surface area contributed by atoms with Crippen molar-refractivity contribution >= 4 is 17.7 Å². The number of aromatic nitrogens is 1. The van der Waals surface area contributed by atoms with Crippen molar-refractivity contribution in [1.82, 2.24) is 14.8 Å². The predicted octanol–water partition coefficient (Wildman–Crippen LogP) is 5.23. The van der Waals surface area contributed by atoms with Crippen molar-refractivity contribution in [3.8, 4) is 0 Å². The van der Waals surface area contributed by atoms with Crippen LogP contribution < -0.4 is 4.90 Å². The van der Waals surface area contributed by atoms with E-state index in [-0.39, 0.29) is 5.91 Å². The van der Waals surface area contributed by atoms with E-state index in [0.717, 1.165) is 56.0 Å². The zero-order valence-corrected chi connectivity index (χ0v) is 21.7. The molecule has 0 spiro atoms. The first kappa shape index (κ1) is 26.1. The number of pyridine rings is 1. The Balaban J connectivity index is 0.000000543. The number of rotatable bonds is 6. The Kier molecular flexibility index (Phi) is 8.97. The van der Waals surface area contributed by atoms with Crippen LogP contribution in [0.4, 0.5) is 10.5 Å². The Bertz CT molecular complexity index is 983. The van der Waals surface area contributed by atoms with E-state index in [2.05, 4.69) is 9.88 Å². The number of para-hydroxylation sites is 1. The number of amides is 2. The van der Waals surface area contributed by atoms with E-state index >= 15 is 0 Å². The molecule has 2 unspecified atom stereocenters. The molecule has 1 aromatic heterocycles. The van der Waals surface area contributed by atoms with Crippen LogP contribution in [-0.4, -0.2) is 71.2 Å². The minimum atomic E-state index is -0.917. The zero-order chi connectivity index (χ0) is 25.5. The van der Waals surface area contributed by atoms with Gasteiger partial charge in [0.25, 0.3) is 5.91 Å². The van der Waals surface area contributed by atoms with Crippen LogP contribution in [0.2, 0.25) is 0 Å². The third-order valence-corrected chi connectivity index (χ3v) is 7.82. The van der Waals surface area contributed by atoms with Crippen LogP contribution in [0, 0.1) is 25.7 Å². The third kappa shape index (κ3) is 6.44. The maximum absolute atomic E-state index is 13.1. The number of hydrogen-bond donors (Lipinski definition) is 1. The molecule has 2 amide bonds. The molecule has 3 fully saturated rings. The first-order valence-corrected chi connectivity index (χ1v) is 13.4. The molecule has 1 aliphatic carbocycles. The minimum Gasteiger partial charge on any atom is -0.465 e. The van der Waals surface area contributed by atoms with Gasteiger partial charge in [-0.15, -0.1) is 0 Å².